The first-order valence-electron chi connectivity index (χ1n) is 5.23. The molecule has 0 radical (unpaired) electrons. The van der Waals surface area contributed by atoms with E-state index in [1.165, 1.54) is 5.56 Å². The Morgan fingerprint density at radius 1 is 1.38 bits per heavy atom. The van der Waals surface area contributed by atoms with Gasteiger partial charge < -0.3 is 11.1 Å². The third-order valence-electron chi connectivity index (χ3n) is 2.49. The van der Waals surface area contributed by atoms with Gasteiger partial charge in [-0.1, -0.05) is 6.07 Å². The number of benzene rings is 1. The monoisotopic (exact) mass is 216 g/mol. The molecule has 0 saturated carbocycles. The molecular formula is C12H16N4. The van der Waals surface area contributed by atoms with Crippen LogP contribution in [0.25, 0.3) is 0 Å². The zero-order valence-corrected chi connectivity index (χ0v) is 9.57. The molecule has 2 aromatic rings. The van der Waals surface area contributed by atoms with Gasteiger partial charge in [0.05, 0.1) is 12.2 Å². The van der Waals surface area contributed by atoms with E-state index in [1.807, 2.05) is 37.5 Å². The quantitative estimate of drug-likeness (QED) is 0.771. The van der Waals surface area contributed by atoms with Crippen LogP contribution in [0.1, 0.15) is 11.3 Å². The highest BCUT2D eigenvalue weighted by molar-refractivity contribution is 5.59. The summed E-state index contributed by atoms with van der Waals surface area (Å²) < 4.78 is 1.79. The van der Waals surface area contributed by atoms with Crippen molar-refractivity contribution in [2.24, 2.45) is 7.05 Å². The molecule has 16 heavy (non-hydrogen) atoms. The lowest BCUT2D eigenvalue weighted by Crippen LogP contribution is -2.03. The maximum absolute atomic E-state index is 5.74. The van der Waals surface area contributed by atoms with E-state index in [2.05, 4.69) is 17.3 Å². The number of anilines is 2. The third-order valence-corrected chi connectivity index (χ3v) is 2.49. The highest BCUT2D eigenvalue weighted by Crippen LogP contribution is 2.18. The second kappa shape index (κ2) is 4.26. The summed E-state index contributed by atoms with van der Waals surface area (Å²) in [5.41, 5.74) is 9.78. The second-order valence-electron chi connectivity index (χ2n) is 3.91. The molecule has 4 nitrogen and oxygen atoms in total. The number of aromatic nitrogens is 2. The molecule has 0 unspecified atom stereocenters. The molecule has 3 N–H and O–H groups in total. The van der Waals surface area contributed by atoms with Crippen LogP contribution >= 0.6 is 0 Å². The Kier molecular flexibility index (Phi) is 2.81. The molecule has 84 valence electrons. The fourth-order valence-corrected chi connectivity index (χ4v) is 1.57. The van der Waals surface area contributed by atoms with Crippen molar-refractivity contribution in [1.82, 2.24) is 9.78 Å². The number of nitrogen functional groups attached to an aromatic ring is 1. The molecule has 0 aliphatic heterocycles. The van der Waals surface area contributed by atoms with E-state index < -0.39 is 0 Å². The standard InChI is InChI=1S/C12H16N4/c1-9-3-4-10(13)7-12(9)14-8-11-5-6-16(2)15-11/h3-7,14H,8,13H2,1-2H3. The molecule has 1 heterocycles. The van der Waals surface area contributed by atoms with Crippen molar-refractivity contribution in [3.05, 3.63) is 41.7 Å². The topological polar surface area (TPSA) is 55.9 Å². The van der Waals surface area contributed by atoms with Crippen LogP contribution in [-0.4, -0.2) is 9.78 Å². The van der Waals surface area contributed by atoms with Crippen molar-refractivity contribution in [2.45, 2.75) is 13.5 Å². The Labute approximate surface area is 95.1 Å². The predicted molar refractivity (Wildman–Crippen MR) is 66.1 cm³/mol. The van der Waals surface area contributed by atoms with Crippen molar-refractivity contribution in [2.75, 3.05) is 11.1 Å². The molecule has 0 spiro atoms. The Morgan fingerprint density at radius 3 is 2.88 bits per heavy atom. The summed E-state index contributed by atoms with van der Waals surface area (Å²) in [5.74, 6) is 0. The van der Waals surface area contributed by atoms with Crippen LogP contribution in [0.5, 0.6) is 0 Å². The first kappa shape index (κ1) is 10.5. The summed E-state index contributed by atoms with van der Waals surface area (Å²) in [6, 6.07) is 7.85. The van der Waals surface area contributed by atoms with Crippen molar-refractivity contribution >= 4 is 11.4 Å². The van der Waals surface area contributed by atoms with Gasteiger partial charge in [-0.15, -0.1) is 0 Å². The van der Waals surface area contributed by atoms with Crippen molar-refractivity contribution in [3.63, 3.8) is 0 Å². The SMILES string of the molecule is Cc1ccc(N)cc1NCc1ccn(C)n1. The average molecular weight is 216 g/mol. The van der Waals surface area contributed by atoms with Gasteiger partial charge in [0.2, 0.25) is 0 Å². The van der Waals surface area contributed by atoms with Gasteiger partial charge in [-0.3, -0.25) is 4.68 Å². The first-order valence-corrected chi connectivity index (χ1v) is 5.23. The number of hydrogen-bond donors (Lipinski definition) is 2. The van der Waals surface area contributed by atoms with E-state index in [0.717, 1.165) is 17.1 Å². The first-order chi connectivity index (χ1) is 7.65. The Bertz CT molecular complexity index is 488. The molecule has 0 aliphatic rings. The Morgan fingerprint density at radius 2 is 2.19 bits per heavy atom. The zero-order chi connectivity index (χ0) is 11.5. The molecule has 2 rings (SSSR count). The van der Waals surface area contributed by atoms with Crippen LogP contribution in [0.3, 0.4) is 0 Å². The molecule has 4 heteroatoms. The van der Waals surface area contributed by atoms with E-state index in [0.29, 0.717) is 6.54 Å². The highest BCUT2D eigenvalue weighted by Gasteiger charge is 2.00. The fourth-order valence-electron chi connectivity index (χ4n) is 1.57. The number of rotatable bonds is 3. The minimum atomic E-state index is 0.713. The van der Waals surface area contributed by atoms with Crippen LogP contribution in [0, 0.1) is 6.92 Å². The molecule has 1 aromatic heterocycles. The Hall–Kier alpha value is -1.97. The summed E-state index contributed by atoms with van der Waals surface area (Å²) in [7, 11) is 1.91. The molecule has 0 bridgehead atoms. The minimum absolute atomic E-state index is 0.713. The summed E-state index contributed by atoms with van der Waals surface area (Å²) >= 11 is 0. The van der Waals surface area contributed by atoms with Gasteiger partial charge in [-0.25, -0.2) is 0 Å². The highest BCUT2D eigenvalue weighted by atomic mass is 15.3. The van der Waals surface area contributed by atoms with E-state index >= 15 is 0 Å². The van der Waals surface area contributed by atoms with E-state index in [1.54, 1.807) is 4.68 Å². The number of hydrogen-bond acceptors (Lipinski definition) is 3. The van der Waals surface area contributed by atoms with Gasteiger partial charge in [0.1, 0.15) is 0 Å². The van der Waals surface area contributed by atoms with Crippen molar-refractivity contribution in [3.8, 4) is 0 Å². The lowest BCUT2D eigenvalue weighted by molar-refractivity contribution is 0.747. The summed E-state index contributed by atoms with van der Waals surface area (Å²) in [5, 5.41) is 7.63. The van der Waals surface area contributed by atoms with Gasteiger partial charge in [0.15, 0.2) is 0 Å². The lowest BCUT2D eigenvalue weighted by Gasteiger charge is -2.08. The van der Waals surface area contributed by atoms with Crippen LogP contribution in [0.15, 0.2) is 30.5 Å². The molecule has 0 saturated heterocycles. The van der Waals surface area contributed by atoms with Crippen LogP contribution in [0.2, 0.25) is 0 Å². The number of nitrogens with zero attached hydrogens (tertiary/aromatic N) is 2. The summed E-state index contributed by atoms with van der Waals surface area (Å²) in [4.78, 5) is 0. The molecule has 1 aromatic carbocycles. The normalized spacial score (nSPS) is 10.4. The van der Waals surface area contributed by atoms with E-state index in [9.17, 15) is 0 Å². The largest absolute Gasteiger partial charge is 0.399 e. The van der Waals surface area contributed by atoms with Crippen LogP contribution in [-0.2, 0) is 13.6 Å². The zero-order valence-electron chi connectivity index (χ0n) is 9.57. The molecule has 0 amide bonds. The van der Waals surface area contributed by atoms with Crippen molar-refractivity contribution < 1.29 is 0 Å². The average Bonchev–Trinajstić information content (AvgIpc) is 2.66. The summed E-state index contributed by atoms with van der Waals surface area (Å²) in [6.07, 6.45) is 1.93. The fraction of sp³-hybridized carbons (Fsp3) is 0.250. The molecular weight excluding hydrogens is 200 g/mol. The maximum atomic E-state index is 5.74. The van der Waals surface area contributed by atoms with Gasteiger partial charge in [0, 0.05) is 24.6 Å². The van der Waals surface area contributed by atoms with Crippen LogP contribution < -0.4 is 11.1 Å². The second-order valence-corrected chi connectivity index (χ2v) is 3.91. The summed E-state index contributed by atoms with van der Waals surface area (Å²) in [6.45, 7) is 2.77. The van der Waals surface area contributed by atoms with E-state index in [-0.39, 0.29) is 0 Å². The van der Waals surface area contributed by atoms with Gasteiger partial charge in [-0.05, 0) is 30.7 Å². The Balaban J connectivity index is 2.07. The third kappa shape index (κ3) is 2.34. The lowest BCUT2D eigenvalue weighted by atomic mass is 10.2. The van der Waals surface area contributed by atoms with E-state index in [4.69, 9.17) is 5.73 Å². The number of aryl methyl sites for hydroxylation is 2. The number of nitrogens with one attached hydrogen (secondary N) is 1. The van der Waals surface area contributed by atoms with Gasteiger partial charge >= 0.3 is 0 Å². The van der Waals surface area contributed by atoms with Crippen LogP contribution in [0.4, 0.5) is 11.4 Å². The van der Waals surface area contributed by atoms with Crippen molar-refractivity contribution in [1.29, 1.82) is 0 Å². The smallest absolute Gasteiger partial charge is 0.0815 e. The maximum Gasteiger partial charge on any atom is 0.0815 e. The van der Waals surface area contributed by atoms with Gasteiger partial charge in [-0.2, -0.15) is 5.10 Å². The molecule has 0 aliphatic carbocycles. The van der Waals surface area contributed by atoms with Gasteiger partial charge in [0.25, 0.3) is 0 Å². The predicted octanol–water partition coefficient (Wildman–Crippen LogP) is 1.92. The minimum Gasteiger partial charge on any atom is -0.399 e. The molecule has 0 fully saturated rings. The number of nitrogens with two attached hydrogens (primary N) is 1. The molecule has 0 atom stereocenters.